The highest BCUT2D eigenvalue weighted by Gasteiger charge is 2.22. The van der Waals surface area contributed by atoms with Gasteiger partial charge < -0.3 is 10.2 Å². The summed E-state index contributed by atoms with van der Waals surface area (Å²) in [6.07, 6.45) is 3.58. The van der Waals surface area contributed by atoms with Crippen LogP contribution in [0.25, 0.3) is 5.95 Å². The molecule has 1 amide bonds. The van der Waals surface area contributed by atoms with Crippen molar-refractivity contribution in [1.82, 2.24) is 30.0 Å². The second-order valence-electron chi connectivity index (χ2n) is 7.87. The van der Waals surface area contributed by atoms with Gasteiger partial charge in [-0.25, -0.2) is 14.6 Å². The van der Waals surface area contributed by atoms with Gasteiger partial charge in [-0.05, 0) is 59.6 Å². The fourth-order valence-corrected chi connectivity index (χ4v) is 3.98. The minimum Gasteiger partial charge on any atom is -0.353 e. The minimum absolute atomic E-state index is 0.0704. The summed E-state index contributed by atoms with van der Waals surface area (Å²) in [4.78, 5) is 24.1. The lowest BCUT2D eigenvalue weighted by molar-refractivity contribution is -0.121. The van der Waals surface area contributed by atoms with Crippen molar-refractivity contribution in [2.24, 2.45) is 0 Å². The summed E-state index contributed by atoms with van der Waals surface area (Å²) in [5.74, 6) is 0.633. The van der Waals surface area contributed by atoms with E-state index in [9.17, 15) is 4.79 Å². The molecule has 0 atom stereocenters. The quantitative estimate of drug-likeness (QED) is 0.828. The third kappa shape index (κ3) is 4.76. The Hall–Kier alpha value is -2.28. The van der Waals surface area contributed by atoms with Crippen LogP contribution in [-0.2, 0) is 11.2 Å². The van der Waals surface area contributed by atoms with Gasteiger partial charge in [-0.3, -0.25) is 4.79 Å². The number of nitrogens with zero attached hydrogens (tertiary/aromatic N) is 5. The topological polar surface area (TPSA) is 75.9 Å². The third-order valence-corrected chi connectivity index (χ3v) is 5.43. The van der Waals surface area contributed by atoms with Gasteiger partial charge in [0.25, 0.3) is 5.95 Å². The average molecular weight is 385 g/mol. The predicted octanol–water partition coefficient (Wildman–Crippen LogP) is 2.43. The SMILES string of the molecule is CCCN1CCC(NC(=O)Cc2c(C)nn(-c3nc(C)cc(C)n3)c2C)CC1. The standard InChI is InChI=1S/C21H32N6O/c1-6-9-26-10-7-18(8-11-26)24-20(28)13-19-16(4)25-27(17(19)5)21-22-14(2)12-15(3)23-21/h12,18H,6-11,13H2,1-5H3,(H,24,28). The van der Waals surface area contributed by atoms with Gasteiger partial charge in [0.1, 0.15) is 0 Å². The maximum atomic E-state index is 12.7. The van der Waals surface area contributed by atoms with Gasteiger partial charge in [0.15, 0.2) is 0 Å². The second-order valence-corrected chi connectivity index (χ2v) is 7.87. The number of carbonyl (C=O) groups excluding carboxylic acids is 1. The lowest BCUT2D eigenvalue weighted by Crippen LogP contribution is -2.45. The molecule has 1 N–H and O–H groups in total. The Morgan fingerprint density at radius 3 is 2.39 bits per heavy atom. The third-order valence-electron chi connectivity index (χ3n) is 5.43. The van der Waals surface area contributed by atoms with E-state index in [0.717, 1.165) is 60.8 Å². The molecule has 3 rings (SSSR count). The summed E-state index contributed by atoms with van der Waals surface area (Å²) in [5.41, 5.74) is 4.56. The van der Waals surface area contributed by atoms with Crippen molar-refractivity contribution in [2.75, 3.05) is 19.6 Å². The van der Waals surface area contributed by atoms with Crippen LogP contribution in [0.4, 0.5) is 0 Å². The summed E-state index contributed by atoms with van der Waals surface area (Å²) in [6, 6.07) is 2.22. The highest BCUT2D eigenvalue weighted by molar-refractivity contribution is 5.79. The van der Waals surface area contributed by atoms with Crippen LogP contribution in [0.2, 0.25) is 0 Å². The van der Waals surface area contributed by atoms with Gasteiger partial charge >= 0.3 is 0 Å². The van der Waals surface area contributed by atoms with Crippen molar-refractivity contribution in [3.8, 4) is 5.95 Å². The van der Waals surface area contributed by atoms with E-state index in [4.69, 9.17) is 0 Å². The Labute approximate surface area is 167 Å². The Bertz CT molecular complexity index is 815. The molecular weight excluding hydrogens is 352 g/mol. The van der Waals surface area contributed by atoms with Crippen LogP contribution in [0, 0.1) is 27.7 Å². The van der Waals surface area contributed by atoms with Crippen molar-refractivity contribution < 1.29 is 4.79 Å². The molecule has 0 unspecified atom stereocenters. The van der Waals surface area contributed by atoms with E-state index in [0.29, 0.717) is 12.4 Å². The Morgan fingerprint density at radius 2 is 1.79 bits per heavy atom. The summed E-state index contributed by atoms with van der Waals surface area (Å²) in [5, 5.41) is 7.82. The normalized spacial score (nSPS) is 15.8. The number of amides is 1. The molecule has 1 saturated heterocycles. The van der Waals surface area contributed by atoms with Crippen LogP contribution in [-0.4, -0.2) is 56.2 Å². The fraction of sp³-hybridized carbons (Fsp3) is 0.619. The van der Waals surface area contributed by atoms with E-state index in [1.54, 1.807) is 4.68 Å². The maximum Gasteiger partial charge on any atom is 0.251 e. The van der Waals surface area contributed by atoms with Crippen molar-refractivity contribution in [1.29, 1.82) is 0 Å². The van der Waals surface area contributed by atoms with Crippen molar-refractivity contribution in [3.63, 3.8) is 0 Å². The summed E-state index contributed by atoms with van der Waals surface area (Å²) in [6.45, 7) is 13.3. The van der Waals surface area contributed by atoms with Crippen LogP contribution >= 0.6 is 0 Å². The smallest absolute Gasteiger partial charge is 0.251 e. The van der Waals surface area contributed by atoms with E-state index in [-0.39, 0.29) is 11.9 Å². The number of aryl methyl sites for hydroxylation is 3. The number of nitrogens with one attached hydrogen (secondary N) is 1. The highest BCUT2D eigenvalue weighted by atomic mass is 16.1. The first-order chi connectivity index (χ1) is 13.4. The molecule has 0 saturated carbocycles. The average Bonchev–Trinajstić information content (AvgIpc) is 2.91. The molecule has 3 heterocycles. The molecule has 152 valence electrons. The van der Waals surface area contributed by atoms with Crippen LogP contribution in [0.15, 0.2) is 6.07 Å². The van der Waals surface area contributed by atoms with Gasteiger partial charge in [-0.2, -0.15) is 5.10 Å². The van der Waals surface area contributed by atoms with E-state index in [1.807, 2.05) is 33.8 Å². The Morgan fingerprint density at radius 1 is 1.14 bits per heavy atom. The van der Waals surface area contributed by atoms with Crippen LogP contribution in [0.5, 0.6) is 0 Å². The molecule has 7 nitrogen and oxygen atoms in total. The van der Waals surface area contributed by atoms with Gasteiger partial charge in [0, 0.05) is 41.8 Å². The number of hydrogen-bond acceptors (Lipinski definition) is 5. The molecule has 28 heavy (non-hydrogen) atoms. The van der Waals surface area contributed by atoms with Gasteiger partial charge in [0.05, 0.1) is 12.1 Å². The molecule has 1 aliphatic heterocycles. The second kappa shape index (κ2) is 8.82. The summed E-state index contributed by atoms with van der Waals surface area (Å²) >= 11 is 0. The van der Waals surface area contributed by atoms with Crippen LogP contribution in [0.3, 0.4) is 0 Å². The summed E-state index contributed by atoms with van der Waals surface area (Å²) in [7, 11) is 0. The molecule has 7 heteroatoms. The lowest BCUT2D eigenvalue weighted by atomic mass is 10.0. The minimum atomic E-state index is 0.0704. The number of carbonyl (C=O) groups is 1. The molecule has 0 bridgehead atoms. The molecule has 0 aliphatic carbocycles. The highest BCUT2D eigenvalue weighted by Crippen LogP contribution is 2.18. The zero-order valence-electron chi connectivity index (χ0n) is 17.7. The predicted molar refractivity (Wildman–Crippen MR) is 110 cm³/mol. The lowest BCUT2D eigenvalue weighted by Gasteiger charge is -2.32. The largest absolute Gasteiger partial charge is 0.353 e. The van der Waals surface area contributed by atoms with Crippen molar-refractivity contribution in [2.45, 2.75) is 66.3 Å². The Kier molecular flexibility index (Phi) is 6.44. The van der Waals surface area contributed by atoms with Crippen molar-refractivity contribution in [3.05, 3.63) is 34.4 Å². The first kappa shape index (κ1) is 20.5. The number of hydrogen-bond donors (Lipinski definition) is 1. The zero-order valence-corrected chi connectivity index (χ0v) is 17.7. The van der Waals surface area contributed by atoms with Gasteiger partial charge in [0.2, 0.25) is 5.91 Å². The number of aromatic nitrogens is 4. The van der Waals surface area contributed by atoms with Crippen LogP contribution < -0.4 is 5.32 Å². The van der Waals surface area contributed by atoms with E-state index < -0.39 is 0 Å². The number of piperidine rings is 1. The molecule has 1 fully saturated rings. The van der Waals surface area contributed by atoms with Gasteiger partial charge in [-0.15, -0.1) is 0 Å². The van der Waals surface area contributed by atoms with Crippen molar-refractivity contribution >= 4 is 5.91 Å². The first-order valence-electron chi connectivity index (χ1n) is 10.3. The molecular formula is C21H32N6O. The molecule has 0 radical (unpaired) electrons. The molecule has 0 aromatic carbocycles. The number of likely N-dealkylation sites (tertiary alicyclic amines) is 1. The molecule has 2 aromatic heterocycles. The van der Waals surface area contributed by atoms with E-state index >= 15 is 0 Å². The molecule has 2 aromatic rings. The molecule has 0 spiro atoms. The van der Waals surface area contributed by atoms with E-state index in [1.165, 1.54) is 6.42 Å². The monoisotopic (exact) mass is 384 g/mol. The van der Waals surface area contributed by atoms with Crippen LogP contribution in [0.1, 0.15) is 54.5 Å². The maximum absolute atomic E-state index is 12.7. The molecule has 1 aliphatic rings. The van der Waals surface area contributed by atoms with E-state index in [2.05, 4.69) is 32.2 Å². The fourth-order valence-electron chi connectivity index (χ4n) is 3.98. The first-order valence-corrected chi connectivity index (χ1v) is 10.3. The number of rotatable bonds is 6. The summed E-state index contributed by atoms with van der Waals surface area (Å²) < 4.78 is 1.75. The zero-order chi connectivity index (χ0) is 20.3. The van der Waals surface area contributed by atoms with Gasteiger partial charge in [-0.1, -0.05) is 6.92 Å². The Balaban J connectivity index is 1.66.